The highest BCUT2D eigenvalue weighted by molar-refractivity contribution is 7.92. The molecule has 1 aromatic heterocycles. The molecule has 0 unspecified atom stereocenters. The Bertz CT molecular complexity index is 829. The Hall–Kier alpha value is -1.86. The predicted molar refractivity (Wildman–Crippen MR) is 92.4 cm³/mol. The Morgan fingerprint density at radius 2 is 2.17 bits per heavy atom. The summed E-state index contributed by atoms with van der Waals surface area (Å²) < 4.78 is 25.2. The van der Waals surface area contributed by atoms with E-state index in [4.69, 9.17) is 0 Å². The second kappa shape index (κ2) is 5.98. The number of anilines is 1. The summed E-state index contributed by atoms with van der Waals surface area (Å²) in [5.41, 5.74) is 2.13. The minimum Gasteiger partial charge on any atom is -0.347 e. The lowest BCUT2D eigenvalue weighted by molar-refractivity contribution is 0.0951. The lowest BCUT2D eigenvalue weighted by atomic mass is 10.1. The highest BCUT2D eigenvalue weighted by atomic mass is 32.2. The van der Waals surface area contributed by atoms with Gasteiger partial charge in [0.05, 0.1) is 18.5 Å². The molecule has 3 rings (SSSR count). The number of sulfonamides is 1. The maximum Gasteiger partial charge on any atom is 0.251 e. The lowest BCUT2D eigenvalue weighted by Crippen LogP contribution is -2.34. The molecule has 2 aromatic rings. The number of carbonyl (C=O) groups excluding carboxylic acids is 1. The number of nitrogens with one attached hydrogen (secondary N) is 1. The molecule has 1 N–H and O–H groups in total. The van der Waals surface area contributed by atoms with Gasteiger partial charge in [-0.15, -0.1) is 11.3 Å². The molecule has 1 aliphatic heterocycles. The van der Waals surface area contributed by atoms with Gasteiger partial charge in [-0.05, 0) is 48.6 Å². The number of rotatable bonds is 4. The Kier molecular flexibility index (Phi) is 4.16. The summed E-state index contributed by atoms with van der Waals surface area (Å²) in [5, 5.41) is 4.86. The molecule has 5 nitrogen and oxygen atoms in total. The van der Waals surface area contributed by atoms with Crippen LogP contribution in [-0.2, 0) is 23.0 Å². The molecule has 0 radical (unpaired) electrons. The Labute approximate surface area is 140 Å². The van der Waals surface area contributed by atoms with Crippen LogP contribution in [0.25, 0.3) is 0 Å². The first-order chi connectivity index (χ1) is 10.9. The van der Waals surface area contributed by atoms with E-state index in [0.717, 1.165) is 10.4 Å². The van der Waals surface area contributed by atoms with Crippen LogP contribution >= 0.6 is 11.3 Å². The number of carbonyl (C=O) groups is 1. The number of benzene rings is 1. The SMILES string of the molecule is C[C@H]1Cc2cc(C(=O)NCc3cccs3)ccc2N1S(C)(=O)=O. The maximum absolute atomic E-state index is 12.3. The summed E-state index contributed by atoms with van der Waals surface area (Å²) in [7, 11) is -3.30. The van der Waals surface area contributed by atoms with Crippen LogP contribution in [0.5, 0.6) is 0 Å². The number of hydrogen-bond donors (Lipinski definition) is 1. The zero-order chi connectivity index (χ0) is 16.6. The van der Waals surface area contributed by atoms with Crippen molar-refractivity contribution in [3.63, 3.8) is 0 Å². The lowest BCUT2D eigenvalue weighted by Gasteiger charge is -2.21. The van der Waals surface area contributed by atoms with Crippen molar-refractivity contribution in [1.82, 2.24) is 5.32 Å². The van der Waals surface area contributed by atoms with Gasteiger partial charge in [-0.2, -0.15) is 0 Å². The third-order valence-electron chi connectivity index (χ3n) is 3.86. The monoisotopic (exact) mass is 350 g/mol. The van der Waals surface area contributed by atoms with Gasteiger partial charge in [0, 0.05) is 16.5 Å². The van der Waals surface area contributed by atoms with Crippen LogP contribution in [0.1, 0.15) is 27.7 Å². The average molecular weight is 350 g/mol. The van der Waals surface area contributed by atoms with Gasteiger partial charge in [-0.3, -0.25) is 9.10 Å². The molecule has 7 heteroatoms. The van der Waals surface area contributed by atoms with E-state index in [1.165, 1.54) is 10.6 Å². The van der Waals surface area contributed by atoms with E-state index in [0.29, 0.717) is 24.2 Å². The molecule has 0 saturated heterocycles. The summed E-state index contributed by atoms with van der Waals surface area (Å²) >= 11 is 1.60. The Morgan fingerprint density at radius 3 is 2.83 bits per heavy atom. The summed E-state index contributed by atoms with van der Waals surface area (Å²) in [6.07, 6.45) is 1.83. The van der Waals surface area contributed by atoms with Gasteiger partial charge in [-0.1, -0.05) is 6.07 Å². The molecule has 23 heavy (non-hydrogen) atoms. The standard InChI is InChI=1S/C16H18N2O3S2/c1-11-8-13-9-12(5-6-15(13)18(11)23(2,20)21)16(19)17-10-14-4-3-7-22-14/h3-7,9,11H,8,10H2,1-2H3,(H,17,19)/t11-/m0/s1. The summed E-state index contributed by atoms with van der Waals surface area (Å²) in [6, 6.07) is 8.99. The van der Waals surface area contributed by atoms with E-state index >= 15 is 0 Å². The van der Waals surface area contributed by atoms with E-state index in [-0.39, 0.29) is 11.9 Å². The summed E-state index contributed by atoms with van der Waals surface area (Å²) in [5.74, 6) is -0.147. The van der Waals surface area contributed by atoms with Crippen LogP contribution in [0.3, 0.4) is 0 Å². The number of amides is 1. The van der Waals surface area contributed by atoms with E-state index in [9.17, 15) is 13.2 Å². The molecule has 1 atom stereocenters. The van der Waals surface area contributed by atoms with E-state index in [1.807, 2.05) is 24.4 Å². The van der Waals surface area contributed by atoms with Gasteiger partial charge in [0.25, 0.3) is 5.91 Å². The molecule has 1 aliphatic rings. The quantitative estimate of drug-likeness (QED) is 0.921. The van der Waals surface area contributed by atoms with Crippen LogP contribution in [0, 0.1) is 0 Å². The van der Waals surface area contributed by atoms with Gasteiger partial charge in [-0.25, -0.2) is 8.42 Å². The molecule has 1 amide bonds. The number of nitrogens with zero attached hydrogens (tertiary/aromatic N) is 1. The molecule has 0 aliphatic carbocycles. The molecule has 0 fully saturated rings. The van der Waals surface area contributed by atoms with Crippen molar-refractivity contribution in [2.24, 2.45) is 0 Å². The fourth-order valence-corrected chi connectivity index (χ4v) is 4.84. The van der Waals surface area contributed by atoms with Gasteiger partial charge in [0.1, 0.15) is 0 Å². The normalized spacial score (nSPS) is 17.1. The average Bonchev–Trinajstić information content (AvgIpc) is 3.09. The molecular weight excluding hydrogens is 332 g/mol. The molecule has 0 bridgehead atoms. The Morgan fingerprint density at radius 1 is 1.39 bits per heavy atom. The van der Waals surface area contributed by atoms with Crippen LogP contribution < -0.4 is 9.62 Å². The summed E-state index contributed by atoms with van der Waals surface area (Å²) in [4.78, 5) is 13.4. The fourth-order valence-electron chi connectivity index (χ4n) is 2.93. The molecular formula is C16H18N2O3S2. The fraction of sp³-hybridized carbons (Fsp3) is 0.312. The Balaban J connectivity index is 1.79. The smallest absolute Gasteiger partial charge is 0.251 e. The highest BCUT2D eigenvalue weighted by Gasteiger charge is 2.32. The van der Waals surface area contributed by atoms with Crippen molar-refractivity contribution < 1.29 is 13.2 Å². The van der Waals surface area contributed by atoms with Crippen LogP contribution in [0.4, 0.5) is 5.69 Å². The van der Waals surface area contributed by atoms with Crippen molar-refractivity contribution in [3.05, 3.63) is 51.7 Å². The van der Waals surface area contributed by atoms with Crippen LogP contribution in [-0.4, -0.2) is 26.6 Å². The first kappa shape index (κ1) is 16.0. The number of thiophene rings is 1. The predicted octanol–water partition coefficient (Wildman–Crippen LogP) is 2.39. The molecule has 2 heterocycles. The molecule has 122 valence electrons. The van der Waals surface area contributed by atoms with E-state index in [1.54, 1.807) is 29.5 Å². The number of fused-ring (bicyclic) bond motifs is 1. The third-order valence-corrected chi connectivity index (χ3v) is 6.00. The van der Waals surface area contributed by atoms with Crippen molar-refractivity contribution in [3.8, 4) is 0 Å². The van der Waals surface area contributed by atoms with Gasteiger partial charge >= 0.3 is 0 Å². The minimum absolute atomic E-state index is 0.121. The van der Waals surface area contributed by atoms with Crippen molar-refractivity contribution >= 4 is 33.0 Å². The van der Waals surface area contributed by atoms with Crippen LogP contribution in [0.2, 0.25) is 0 Å². The van der Waals surface area contributed by atoms with Gasteiger partial charge < -0.3 is 5.32 Å². The van der Waals surface area contributed by atoms with Crippen LogP contribution in [0.15, 0.2) is 35.7 Å². The maximum atomic E-state index is 12.3. The topological polar surface area (TPSA) is 66.5 Å². The zero-order valence-corrected chi connectivity index (χ0v) is 14.6. The first-order valence-electron chi connectivity index (χ1n) is 7.29. The van der Waals surface area contributed by atoms with Crippen molar-refractivity contribution in [1.29, 1.82) is 0 Å². The number of hydrogen-bond acceptors (Lipinski definition) is 4. The second-order valence-corrected chi connectivity index (χ2v) is 8.61. The zero-order valence-electron chi connectivity index (χ0n) is 12.9. The van der Waals surface area contributed by atoms with E-state index in [2.05, 4.69) is 5.32 Å². The minimum atomic E-state index is -3.30. The highest BCUT2D eigenvalue weighted by Crippen LogP contribution is 2.34. The molecule has 0 saturated carbocycles. The van der Waals surface area contributed by atoms with E-state index < -0.39 is 10.0 Å². The summed E-state index contributed by atoms with van der Waals surface area (Å²) in [6.45, 7) is 2.37. The van der Waals surface area contributed by atoms with Crippen molar-refractivity contribution in [2.75, 3.05) is 10.6 Å². The molecule has 0 spiro atoms. The van der Waals surface area contributed by atoms with Gasteiger partial charge in [0.2, 0.25) is 10.0 Å². The second-order valence-electron chi connectivity index (χ2n) is 5.72. The first-order valence-corrected chi connectivity index (χ1v) is 10.0. The van der Waals surface area contributed by atoms with Gasteiger partial charge in [0.15, 0.2) is 0 Å². The third kappa shape index (κ3) is 3.25. The largest absolute Gasteiger partial charge is 0.347 e. The molecule has 1 aromatic carbocycles. The van der Waals surface area contributed by atoms with Crippen molar-refractivity contribution in [2.45, 2.75) is 25.9 Å².